The van der Waals surface area contributed by atoms with Gasteiger partial charge in [0, 0.05) is 38.1 Å². The van der Waals surface area contributed by atoms with Crippen molar-refractivity contribution < 1.29 is 14.2 Å². The highest BCUT2D eigenvalue weighted by molar-refractivity contribution is 5.80. The van der Waals surface area contributed by atoms with Crippen LogP contribution in [0, 0.1) is 5.82 Å². The number of aliphatic imine (C=N–C) groups is 1. The van der Waals surface area contributed by atoms with E-state index in [9.17, 15) is 9.50 Å². The Morgan fingerprint density at radius 3 is 2.64 bits per heavy atom. The highest BCUT2D eigenvalue weighted by atomic mass is 19.1. The van der Waals surface area contributed by atoms with Crippen LogP contribution in [0.3, 0.4) is 0 Å². The van der Waals surface area contributed by atoms with E-state index < -0.39 is 5.60 Å². The molecule has 28 heavy (non-hydrogen) atoms. The Morgan fingerprint density at radius 2 is 2.00 bits per heavy atom. The minimum Gasteiger partial charge on any atom is -0.387 e. The summed E-state index contributed by atoms with van der Waals surface area (Å²) in [6, 6.07) is 7.02. The van der Waals surface area contributed by atoms with E-state index in [-0.39, 0.29) is 11.2 Å². The molecule has 6 nitrogen and oxygen atoms in total. The van der Waals surface area contributed by atoms with Crippen molar-refractivity contribution in [2.75, 3.05) is 52.5 Å². The van der Waals surface area contributed by atoms with Gasteiger partial charge in [-0.3, -0.25) is 9.89 Å². The molecule has 1 atom stereocenters. The Hall–Kier alpha value is -1.70. The minimum atomic E-state index is -0.914. The smallest absolute Gasteiger partial charge is 0.191 e. The maximum atomic E-state index is 14.2. The predicted molar refractivity (Wildman–Crippen MR) is 109 cm³/mol. The van der Waals surface area contributed by atoms with Crippen LogP contribution >= 0.6 is 0 Å². The molecular weight excluding hydrogens is 359 g/mol. The van der Waals surface area contributed by atoms with Crippen molar-refractivity contribution in [1.29, 1.82) is 0 Å². The maximum absolute atomic E-state index is 14.2. The number of nitrogens with one attached hydrogen (secondary N) is 2. The zero-order valence-electron chi connectivity index (χ0n) is 17.0. The summed E-state index contributed by atoms with van der Waals surface area (Å²) < 4.78 is 19.6. The lowest BCUT2D eigenvalue weighted by Gasteiger charge is -2.33. The first kappa shape index (κ1) is 21.0. The molecule has 3 N–H and O–H groups in total. The highest BCUT2D eigenvalue weighted by Crippen LogP contribution is 2.48. The number of guanidine groups is 1. The molecule has 1 aliphatic carbocycles. The van der Waals surface area contributed by atoms with E-state index in [1.54, 1.807) is 6.07 Å². The second-order valence-corrected chi connectivity index (χ2v) is 8.19. The molecule has 7 heteroatoms. The van der Waals surface area contributed by atoms with Gasteiger partial charge in [-0.25, -0.2) is 4.39 Å². The Labute approximate surface area is 167 Å². The molecule has 0 bridgehead atoms. The first-order valence-corrected chi connectivity index (χ1v) is 10.2. The van der Waals surface area contributed by atoms with Crippen molar-refractivity contribution in [3.63, 3.8) is 0 Å². The molecule has 1 aromatic rings. The first-order chi connectivity index (χ1) is 13.4. The highest BCUT2D eigenvalue weighted by Gasteiger charge is 2.45. The van der Waals surface area contributed by atoms with Gasteiger partial charge in [0.15, 0.2) is 5.96 Å². The number of rotatable bonds is 8. The lowest BCUT2D eigenvalue weighted by Crippen LogP contribution is -2.48. The van der Waals surface area contributed by atoms with Gasteiger partial charge < -0.3 is 20.5 Å². The van der Waals surface area contributed by atoms with Gasteiger partial charge in [-0.05, 0) is 38.3 Å². The molecule has 1 saturated heterocycles. The summed E-state index contributed by atoms with van der Waals surface area (Å²) in [7, 11) is 0. The zero-order chi connectivity index (χ0) is 20.0. The van der Waals surface area contributed by atoms with Crippen LogP contribution in [-0.4, -0.2) is 74.0 Å². The summed E-state index contributed by atoms with van der Waals surface area (Å²) in [5.74, 6) is 0.518. The molecule has 1 aliphatic heterocycles. The van der Waals surface area contributed by atoms with Gasteiger partial charge in [0.2, 0.25) is 0 Å². The van der Waals surface area contributed by atoms with Crippen molar-refractivity contribution in [1.82, 2.24) is 15.5 Å². The van der Waals surface area contributed by atoms with E-state index >= 15 is 0 Å². The fourth-order valence-corrected chi connectivity index (χ4v) is 3.72. The van der Waals surface area contributed by atoms with Crippen LogP contribution in [0.4, 0.5) is 4.39 Å². The second kappa shape index (κ2) is 9.20. The van der Waals surface area contributed by atoms with E-state index in [1.807, 2.05) is 26.0 Å². The summed E-state index contributed by atoms with van der Waals surface area (Å²) in [5.41, 5.74) is -0.293. The van der Waals surface area contributed by atoms with Crippen molar-refractivity contribution in [3.8, 4) is 0 Å². The average molecular weight is 393 g/mol. The number of halogens is 1. The number of nitrogens with zero attached hydrogens (tertiary/aromatic N) is 2. The fraction of sp³-hybridized carbons (Fsp3) is 0.667. The molecule has 1 aromatic carbocycles. The molecule has 156 valence electrons. The van der Waals surface area contributed by atoms with E-state index in [2.05, 4.69) is 20.5 Å². The van der Waals surface area contributed by atoms with Crippen LogP contribution in [-0.2, 0) is 10.2 Å². The summed E-state index contributed by atoms with van der Waals surface area (Å²) >= 11 is 0. The van der Waals surface area contributed by atoms with Crippen molar-refractivity contribution in [3.05, 3.63) is 35.6 Å². The number of ether oxygens (including phenoxy) is 1. The number of aliphatic hydroxyl groups is 1. The Bertz CT molecular complexity index is 670. The van der Waals surface area contributed by atoms with Crippen LogP contribution < -0.4 is 10.6 Å². The fourth-order valence-electron chi connectivity index (χ4n) is 3.72. The average Bonchev–Trinajstić information content (AvgIpc) is 3.46. The van der Waals surface area contributed by atoms with Crippen molar-refractivity contribution >= 4 is 5.96 Å². The number of morpholine rings is 1. The standard InChI is InChI=1S/C21H33FN4O2/c1-3-23-19(24-14-20(2,27)16-26-10-12-28-13-11-26)25-15-21(8-9-21)17-6-4-5-7-18(17)22/h4-7,27H,3,8-16H2,1-2H3,(H2,23,24,25). The van der Waals surface area contributed by atoms with Gasteiger partial charge in [0.05, 0.1) is 25.4 Å². The van der Waals surface area contributed by atoms with E-state index in [0.29, 0.717) is 38.8 Å². The third-order valence-electron chi connectivity index (χ3n) is 5.48. The molecular formula is C21H33FN4O2. The van der Waals surface area contributed by atoms with Crippen LogP contribution in [0.5, 0.6) is 0 Å². The normalized spacial score (nSPS) is 21.8. The zero-order valence-corrected chi connectivity index (χ0v) is 17.0. The Balaban J connectivity index is 1.57. The SMILES string of the molecule is CCNC(=NCC(C)(O)CN1CCOCC1)NCC1(c2ccccc2F)CC1. The van der Waals surface area contributed by atoms with Crippen molar-refractivity contribution in [2.45, 2.75) is 37.7 Å². The largest absolute Gasteiger partial charge is 0.387 e. The predicted octanol–water partition coefficient (Wildman–Crippen LogP) is 1.50. The molecule has 2 aliphatic rings. The van der Waals surface area contributed by atoms with Gasteiger partial charge >= 0.3 is 0 Å². The lowest BCUT2D eigenvalue weighted by molar-refractivity contribution is -0.0179. The first-order valence-electron chi connectivity index (χ1n) is 10.2. The van der Waals surface area contributed by atoms with Crippen LogP contribution in [0.1, 0.15) is 32.3 Å². The quantitative estimate of drug-likeness (QED) is 0.462. The van der Waals surface area contributed by atoms with E-state index in [0.717, 1.165) is 38.0 Å². The van der Waals surface area contributed by atoms with E-state index in [1.165, 1.54) is 6.07 Å². The number of hydrogen-bond donors (Lipinski definition) is 3. The summed E-state index contributed by atoms with van der Waals surface area (Å²) in [6.45, 7) is 9.14. The minimum absolute atomic E-state index is 0.141. The summed E-state index contributed by atoms with van der Waals surface area (Å²) in [5, 5.41) is 17.3. The molecule has 1 unspecified atom stereocenters. The molecule has 2 fully saturated rings. The number of hydrogen-bond acceptors (Lipinski definition) is 4. The monoisotopic (exact) mass is 392 g/mol. The summed E-state index contributed by atoms with van der Waals surface area (Å²) in [4.78, 5) is 6.80. The number of β-amino-alcohol motifs (C(OH)–C–C–N with tert-alkyl or cyclic N) is 1. The molecule has 0 spiro atoms. The van der Waals surface area contributed by atoms with E-state index in [4.69, 9.17) is 4.74 Å². The molecule has 0 radical (unpaired) electrons. The van der Waals surface area contributed by atoms with Gasteiger partial charge in [-0.15, -0.1) is 0 Å². The molecule has 1 heterocycles. The maximum Gasteiger partial charge on any atom is 0.191 e. The lowest BCUT2D eigenvalue weighted by atomic mass is 9.95. The van der Waals surface area contributed by atoms with Gasteiger partial charge in [-0.1, -0.05) is 18.2 Å². The number of benzene rings is 1. The third-order valence-corrected chi connectivity index (χ3v) is 5.48. The molecule has 0 aromatic heterocycles. The van der Waals surface area contributed by atoms with Gasteiger partial charge in [0.25, 0.3) is 0 Å². The van der Waals surface area contributed by atoms with Crippen LogP contribution in [0.15, 0.2) is 29.3 Å². The third kappa shape index (κ3) is 5.65. The molecule has 3 rings (SSSR count). The Morgan fingerprint density at radius 1 is 1.29 bits per heavy atom. The molecule has 0 amide bonds. The van der Waals surface area contributed by atoms with Crippen LogP contribution in [0.2, 0.25) is 0 Å². The van der Waals surface area contributed by atoms with Gasteiger partial charge in [-0.2, -0.15) is 0 Å². The van der Waals surface area contributed by atoms with Crippen LogP contribution in [0.25, 0.3) is 0 Å². The summed E-state index contributed by atoms with van der Waals surface area (Å²) in [6.07, 6.45) is 1.93. The molecule has 1 saturated carbocycles. The van der Waals surface area contributed by atoms with Crippen molar-refractivity contribution in [2.24, 2.45) is 4.99 Å². The second-order valence-electron chi connectivity index (χ2n) is 8.19. The topological polar surface area (TPSA) is 69.1 Å². The Kier molecular flexibility index (Phi) is 6.91. The van der Waals surface area contributed by atoms with Gasteiger partial charge in [0.1, 0.15) is 5.82 Å².